The van der Waals surface area contributed by atoms with Crippen molar-refractivity contribution in [3.63, 3.8) is 0 Å². The van der Waals surface area contributed by atoms with Crippen molar-refractivity contribution in [1.82, 2.24) is 15.1 Å². The van der Waals surface area contributed by atoms with Crippen molar-refractivity contribution >= 4 is 17.4 Å². The van der Waals surface area contributed by atoms with Crippen molar-refractivity contribution in [3.8, 4) is 0 Å². The van der Waals surface area contributed by atoms with Crippen LogP contribution in [0.2, 0.25) is 5.15 Å². The third-order valence-corrected chi connectivity index (χ3v) is 3.60. The van der Waals surface area contributed by atoms with Crippen LogP contribution in [0.5, 0.6) is 0 Å². The largest absolute Gasteiger partial charge is 0.352 e. The van der Waals surface area contributed by atoms with Gasteiger partial charge in [-0.3, -0.25) is 0 Å². The number of nitrogens with zero attached hydrogens (tertiary/aromatic N) is 4. The molecular weight excluding hydrogens is 224 g/mol. The zero-order chi connectivity index (χ0) is 11.7. The Kier molecular flexibility index (Phi) is 3.30. The Balaban J connectivity index is 2.24. The third kappa shape index (κ3) is 2.13. The van der Waals surface area contributed by atoms with Gasteiger partial charge in [-0.2, -0.15) is 0 Å². The quantitative estimate of drug-likeness (QED) is 0.745. The Labute approximate surface area is 101 Å². The first-order valence-electron chi connectivity index (χ1n) is 5.52. The molecule has 1 fully saturated rings. The molecule has 0 amide bonds. The summed E-state index contributed by atoms with van der Waals surface area (Å²) in [5.74, 6) is 0.981. The Bertz CT molecular complexity index is 386. The molecule has 0 saturated carbocycles. The first-order chi connectivity index (χ1) is 7.59. The zero-order valence-electron chi connectivity index (χ0n) is 10.00. The predicted molar refractivity (Wildman–Crippen MR) is 66.2 cm³/mol. The number of piperazine rings is 1. The van der Waals surface area contributed by atoms with Gasteiger partial charge >= 0.3 is 0 Å². The van der Waals surface area contributed by atoms with Crippen molar-refractivity contribution in [1.29, 1.82) is 0 Å². The predicted octanol–water partition coefficient (Wildman–Crippen LogP) is 1.50. The maximum Gasteiger partial charge on any atom is 0.155 e. The monoisotopic (exact) mass is 240 g/mol. The first kappa shape index (κ1) is 11.6. The standard InChI is InChI=1S/C11H17ClN4/c1-8-9(2)11(14-13-10(8)12)16-6-4-15(3)5-7-16/h4-7H2,1-3H3. The highest BCUT2D eigenvalue weighted by Crippen LogP contribution is 2.24. The Morgan fingerprint density at radius 3 is 2.25 bits per heavy atom. The van der Waals surface area contributed by atoms with E-state index in [1.54, 1.807) is 0 Å². The fourth-order valence-electron chi connectivity index (χ4n) is 1.88. The van der Waals surface area contributed by atoms with Crippen LogP contribution in [0.3, 0.4) is 0 Å². The second-order valence-electron chi connectivity index (χ2n) is 4.35. The summed E-state index contributed by atoms with van der Waals surface area (Å²) in [6, 6.07) is 0. The molecule has 0 bridgehead atoms. The number of likely N-dealkylation sites (N-methyl/N-ethyl adjacent to an activating group) is 1. The SMILES string of the molecule is Cc1c(Cl)nnc(N2CCN(C)CC2)c1C. The van der Waals surface area contributed by atoms with E-state index in [1.165, 1.54) is 0 Å². The molecule has 2 rings (SSSR count). The number of hydrogen-bond donors (Lipinski definition) is 0. The molecular formula is C11H17ClN4. The maximum absolute atomic E-state index is 5.95. The van der Waals surface area contributed by atoms with Crippen molar-refractivity contribution in [2.24, 2.45) is 0 Å². The van der Waals surface area contributed by atoms with Crippen LogP contribution in [0.25, 0.3) is 0 Å². The summed E-state index contributed by atoms with van der Waals surface area (Å²) in [6.07, 6.45) is 0. The molecule has 88 valence electrons. The van der Waals surface area contributed by atoms with Crippen molar-refractivity contribution in [2.45, 2.75) is 13.8 Å². The average molecular weight is 241 g/mol. The number of anilines is 1. The minimum Gasteiger partial charge on any atom is -0.352 e. The molecule has 5 heteroatoms. The molecule has 1 aromatic rings. The molecule has 2 heterocycles. The molecule has 1 aliphatic heterocycles. The fraction of sp³-hybridized carbons (Fsp3) is 0.636. The molecule has 0 unspecified atom stereocenters. The van der Waals surface area contributed by atoms with Gasteiger partial charge < -0.3 is 9.80 Å². The van der Waals surface area contributed by atoms with Gasteiger partial charge in [0, 0.05) is 26.2 Å². The summed E-state index contributed by atoms with van der Waals surface area (Å²) in [6.45, 7) is 8.21. The summed E-state index contributed by atoms with van der Waals surface area (Å²) in [4.78, 5) is 4.60. The minimum absolute atomic E-state index is 0.510. The molecule has 0 radical (unpaired) electrons. The topological polar surface area (TPSA) is 32.3 Å². The van der Waals surface area contributed by atoms with Crippen LogP contribution < -0.4 is 4.90 Å². The lowest BCUT2D eigenvalue weighted by atomic mass is 10.2. The molecule has 0 spiro atoms. The van der Waals surface area contributed by atoms with Gasteiger partial charge in [-0.1, -0.05) is 11.6 Å². The van der Waals surface area contributed by atoms with Gasteiger partial charge in [-0.05, 0) is 32.0 Å². The fourth-order valence-corrected chi connectivity index (χ4v) is 2.06. The highest BCUT2D eigenvalue weighted by molar-refractivity contribution is 6.30. The van der Waals surface area contributed by atoms with E-state index in [-0.39, 0.29) is 0 Å². The molecule has 16 heavy (non-hydrogen) atoms. The summed E-state index contributed by atoms with van der Waals surface area (Å²) in [5, 5.41) is 8.72. The van der Waals surface area contributed by atoms with Crippen molar-refractivity contribution < 1.29 is 0 Å². The van der Waals surface area contributed by atoms with Crippen LogP contribution in [-0.2, 0) is 0 Å². The first-order valence-corrected chi connectivity index (χ1v) is 5.90. The summed E-state index contributed by atoms with van der Waals surface area (Å²) in [7, 11) is 2.14. The van der Waals surface area contributed by atoms with E-state index >= 15 is 0 Å². The van der Waals surface area contributed by atoms with Crippen LogP contribution in [0.15, 0.2) is 0 Å². The molecule has 1 saturated heterocycles. The Morgan fingerprint density at radius 2 is 1.62 bits per heavy atom. The van der Waals surface area contributed by atoms with Gasteiger partial charge in [-0.25, -0.2) is 0 Å². The van der Waals surface area contributed by atoms with E-state index in [9.17, 15) is 0 Å². The van der Waals surface area contributed by atoms with Crippen molar-refractivity contribution in [2.75, 3.05) is 38.1 Å². The molecule has 0 aliphatic carbocycles. The van der Waals surface area contributed by atoms with E-state index < -0.39 is 0 Å². The normalized spacial score (nSPS) is 17.9. The van der Waals surface area contributed by atoms with Crippen LogP contribution in [0.1, 0.15) is 11.1 Å². The lowest BCUT2D eigenvalue weighted by Crippen LogP contribution is -2.45. The number of hydrogen-bond acceptors (Lipinski definition) is 4. The molecule has 0 atom stereocenters. The zero-order valence-corrected chi connectivity index (χ0v) is 10.8. The summed E-state index contributed by atoms with van der Waals surface area (Å²) >= 11 is 5.95. The molecule has 0 N–H and O–H groups in total. The second-order valence-corrected chi connectivity index (χ2v) is 4.71. The highest BCUT2D eigenvalue weighted by atomic mass is 35.5. The van der Waals surface area contributed by atoms with Gasteiger partial charge in [0.25, 0.3) is 0 Å². The van der Waals surface area contributed by atoms with Crippen LogP contribution in [0.4, 0.5) is 5.82 Å². The smallest absolute Gasteiger partial charge is 0.155 e. The number of halogens is 1. The van der Waals surface area contributed by atoms with E-state index in [4.69, 9.17) is 11.6 Å². The maximum atomic E-state index is 5.95. The lowest BCUT2D eigenvalue weighted by molar-refractivity contribution is 0.311. The molecule has 4 nitrogen and oxygen atoms in total. The second kappa shape index (κ2) is 4.55. The Hall–Kier alpha value is -0.870. The van der Waals surface area contributed by atoms with Gasteiger partial charge in [0.05, 0.1) is 0 Å². The Morgan fingerprint density at radius 1 is 1.00 bits per heavy atom. The van der Waals surface area contributed by atoms with E-state index in [0.29, 0.717) is 5.15 Å². The van der Waals surface area contributed by atoms with Crippen LogP contribution in [0, 0.1) is 13.8 Å². The lowest BCUT2D eigenvalue weighted by Gasteiger charge is -2.33. The van der Waals surface area contributed by atoms with E-state index in [1.807, 2.05) is 6.92 Å². The third-order valence-electron chi connectivity index (χ3n) is 3.24. The van der Waals surface area contributed by atoms with Crippen molar-refractivity contribution in [3.05, 3.63) is 16.3 Å². The summed E-state index contributed by atoms with van der Waals surface area (Å²) in [5.41, 5.74) is 2.18. The number of aromatic nitrogens is 2. The van der Waals surface area contributed by atoms with Gasteiger partial charge in [-0.15, -0.1) is 10.2 Å². The summed E-state index contributed by atoms with van der Waals surface area (Å²) < 4.78 is 0. The van der Waals surface area contributed by atoms with Gasteiger partial charge in [0.15, 0.2) is 11.0 Å². The van der Waals surface area contributed by atoms with E-state index in [2.05, 4.69) is 34.0 Å². The number of rotatable bonds is 1. The van der Waals surface area contributed by atoms with Crippen LogP contribution >= 0.6 is 11.6 Å². The molecule has 0 aromatic carbocycles. The minimum atomic E-state index is 0.510. The van der Waals surface area contributed by atoms with E-state index in [0.717, 1.165) is 43.1 Å². The van der Waals surface area contributed by atoms with Crippen LogP contribution in [-0.4, -0.2) is 48.3 Å². The van der Waals surface area contributed by atoms with Gasteiger partial charge in [0.1, 0.15) is 0 Å². The highest BCUT2D eigenvalue weighted by Gasteiger charge is 2.19. The van der Waals surface area contributed by atoms with Gasteiger partial charge in [0.2, 0.25) is 0 Å². The molecule has 1 aliphatic rings. The molecule has 1 aromatic heterocycles. The average Bonchev–Trinajstić information content (AvgIpc) is 2.28.